The van der Waals surface area contributed by atoms with Crippen molar-refractivity contribution in [2.45, 2.75) is 0 Å². The molecule has 0 aliphatic rings. The predicted octanol–water partition coefficient (Wildman–Crippen LogP) is 3.55. The highest BCUT2D eigenvalue weighted by Crippen LogP contribution is 2.20. The van der Waals surface area contributed by atoms with Gasteiger partial charge in [0.1, 0.15) is 5.82 Å². The van der Waals surface area contributed by atoms with Crippen molar-refractivity contribution in [1.29, 1.82) is 0 Å². The lowest BCUT2D eigenvalue weighted by atomic mass is 10.2. The van der Waals surface area contributed by atoms with Crippen LogP contribution in [0.5, 0.6) is 0 Å². The summed E-state index contributed by atoms with van der Waals surface area (Å²) in [5.74, 6) is 2.30. The number of anilines is 2. The molecule has 78 valence electrons. The number of benzene rings is 2. The van der Waals surface area contributed by atoms with Crippen LogP contribution in [0.3, 0.4) is 0 Å². The van der Waals surface area contributed by atoms with Gasteiger partial charge in [-0.2, -0.15) is 0 Å². The molecule has 0 fully saturated rings. The Kier molecular flexibility index (Phi) is 2.88. The van der Waals surface area contributed by atoms with E-state index >= 15 is 0 Å². The van der Waals surface area contributed by atoms with Crippen LogP contribution in [0, 0.1) is 18.2 Å². The van der Waals surface area contributed by atoms with Crippen molar-refractivity contribution in [3.63, 3.8) is 0 Å². The summed E-state index contributed by atoms with van der Waals surface area (Å²) in [5, 5.41) is 3.08. The van der Waals surface area contributed by atoms with Crippen molar-refractivity contribution in [2.24, 2.45) is 0 Å². The van der Waals surface area contributed by atoms with Crippen LogP contribution >= 0.6 is 0 Å². The zero-order valence-electron chi connectivity index (χ0n) is 8.57. The maximum atomic E-state index is 13.0. The monoisotopic (exact) mass is 211 g/mol. The Bertz CT molecular complexity index is 540. The van der Waals surface area contributed by atoms with Crippen LogP contribution in [-0.2, 0) is 0 Å². The molecule has 16 heavy (non-hydrogen) atoms. The molecule has 2 aromatic rings. The summed E-state index contributed by atoms with van der Waals surface area (Å²) in [6, 6.07) is 13.7. The van der Waals surface area contributed by atoms with Crippen LogP contribution < -0.4 is 5.32 Å². The molecule has 0 aliphatic heterocycles. The van der Waals surface area contributed by atoms with Crippen molar-refractivity contribution >= 4 is 11.4 Å². The highest BCUT2D eigenvalue weighted by Gasteiger charge is 1.99. The van der Waals surface area contributed by atoms with Crippen LogP contribution in [0.2, 0.25) is 0 Å². The van der Waals surface area contributed by atoms with Crippen LogP contribution in [0.4, 0.5) is 15.8 Å². The summed E-state index contributed by atoms with van der Waals surface area (Å²) < 4.78 is 13.0. The third-order valence-corrected chi connectivity index (χ3v) is 2.19. The normalized spacial score (nSPS) is 9.50. The molecular formula is C14H10FN. The summed E-state index contributed by atoms with van der Waals surface area (Å²) in [6.45, 7) is 0. The lowest BCUT2D eigenvalue weighted by Crippen LogP contribution is -1.93. The van der Waals surface area contributed by atoms with E-state index < -0.39 is 0 Å². The maximum Gasteiger partial charge on any atom is 0.125 e. The van der Waals surface area contributed by atoms with Gasteiger partial charge in [0, 0.05) is 11.3 Å². The average Bonchev–Trinajstić information content (AvgIpc) is 2.30. The van der Waals surface area contributed by atoms with Crippen molar-refractivity contribution in [3.05, 3.63) is 59.9 Å². The lowest BCUT2D eigenvalue weighted by Gasteiger charge is -2.08. The van der Waals surface area contributed by atoms with Crippen molar-refractivity contribution in [2.75, 3.05) is 5.32 Å². The van der Waals surface area contributed by atoms with Gasteiger partial charge in [-0.3, -0.25) is 0 Å². The molecule has 2 rings (SSSR count). The number of hydrogen-bond donors (Lipinski definition) is 1. The number of terminal acetylenes is 1. The summed E-state index contributed by atoms with van der Waals surface area (Å²) in [4.78, 5) is 0. The van der Waals surface area contributed by atoms with E-state index in [2.05, 4.69) is 11.2 Å². The SMILES string of the molecule is C#Cc1ccccc1Nc1cccc(F)c1. The maximum absolute atomic E-state index is 13.0. The Labute approximate surface area is 93.9 Å². The Hall–Kier alpha value is -2.27. The Morgan fingerprint density at radius 3 is 2.62 bits per heavy atom. The van der Waals surface area contributed by atoms with Gasteiger partial charge in [0.15, 0.2) is 0 Å². The first-order valence-corrected chi connectivity index (χ1v) is 4.88. The molecule has 0 amide bonds. The molecule has 2 heteroatoms. The molecule has 0 unspecified atom stereocenters. The second kappa shape index (κ2) is 4.50. The Morgan fingerprint density at radius 1 is 1.06 bits per heavy atom. The third-order valence-electron chi connectivity index (χ3n) is 2.19. The van der Waals surface area contributed by atoms with Crippen molar-refractivity contribution in [3.8, 4) is 12.3 Å². The number of halogens is 1. The first-order valence-electron chi connectivity index (χ1n) is 4.88. The van der Waals surface area contributed by atoms with Gasteiger partial charge in [0.2, 0.25) is 0 Å². The molecule has 2 aromatic carbocycles. The van der Waals surface area contributed by atoms with E-state index in [0.717, 1.165) is 11.3 Å². The standard InChI is InChI=1S/C14H10FN/c1-2-11-6-3-4-9-14(11)16-13-8-5-7-12(15)10-13/h1,3-10,16H. The van der Waals surface area contributed by atoms with Gasteiger partial charge < -0.3 is 5.32 Å². The average molecular weight is 211 g/mol. The van der Waals surface area contributed by atoms with Crippen LogP contribution in [0.25, 0.3) is 0 Å². The zero-order chi connectivity index (χ0) is 11.4. The van der Waals surface area contributed by atoms with Crippen LogP contribution in [-0.4, -0.2) is 0 Å². The highest BCUT2D eigenvalue weighted by molar-refractivity contribution is 5.66. The predicted molar refractivity (Wildman–Crippen MR) is 64.1 cm³/mol. The smallest absolute Gasteiger partial charge is 0.125 e. The second-order valence-electron chi connectivity index (χ2n) is 3.33. The number of nitrogens with one attached hydrogen (secondary N) is 1. The molecule has 1 N–H and O–H groups in total. The summed E-state index contributed by atoms with van der Waals surface area (Å²) in [7, 11) is 0. The van der Waals surface area contributed by atoms with E-state index in [1.165, 1.54) is 12.1 Å². The molecule has 0 radical (unpaired) electrons. The van der Waals surface area contributed by atoms with Gasteiger partial charge in [0.25, 0.3) is 0 Å². The summed E-state index contributed by atoms with van der Waals surface area (Å²) >= 11 is 0. The minimum atomic E-state index is -0.275. The van der Waals surface area contributed by atoms with E-state index in [-0.39, 0.29) is 5.82 Å². The molecule has 0 aliphatic carbocycles. The molecule has 0 bridgehead atoms. The molecular weight excluding hydrogens is 201 g/mol. The van der Waals surface area contributed by atoms with Gasteiger partial charge in [-0.1, -0.05) is 24.1 Å². The minimum Gasteiger partial charge on any atom is -0.354 e. The number of para-hydroxylation sites is 1. The van der Waals surface area contributed by atoms with Crippen molar-refractivity contribution < 1.29 is 4.39 Å². The van der Waals surface area contributed by atoms with Gasteiger partial charge in [-0.15, -0.1) is 6.42 Å². The third kappa shape index (κ3) is 2.21. The molecule has 0 atom stereocenters. The zero-order valence-corrected chi connectivity index (χ0v) is 8.57. The fourth-order valence-corrected chi connectivity index (χ4v) is 1.44. The molecule has 0 saturated carbocycles. The highest BCUT2D eigenvalue weighted by atomic mass is 19.1. The van der Waals surface area contributed by atoms with Crippen molar-refractivity contribution in [1.82, 2.24) is 0 Å². The summed E-state index contributed by atoms with van der Waals surface area (Å²) in [5.41, 5.74) is 2.24. The van der Waals surface area contributed by atoms with Crippen LogP contribution in [0.1, 0.15) is 5.56 Å². The lowest BCUT2D eigenvalue weighted by molar-refractivity contribution is 0.628. The van der Waals surface area contributed by atoms with Gasteiger partial charge in [0.05, 0.1) is 5.69 Å². The van der Waals surface area contributed by atoms with Gasteiger partial charge in [-0.25, -0.2) is 4.39 Å². The largest absolute Gasteiger partial charge is 0.354 e. The van der Waals surface area contributed by atoms with E-state index in [1.807, 2.05) is 24.3 Å². The first kappa shape index (κ1) is 10.3. The fourth-order valence-electron chi connectivity index (χ4n) is 1.44. The van der Waals surface area contributed by atoms with Gasteiger partial charge >= 0.3 is 0 Å². The van der Waals surface area contributed by atoms with E-state index in [9.17, 15) is 4.39 Å². The molecule has 1 nitrogen and oxygen atoms in total. The van der Waals surface area contributed by atoms with E-state index in [4.69, 9.17) is 6.42 Å². The van der Waals surface area contributed by atoms with Crippen LogP contribution in [0.15, 0.2) is 48.5 Å². The second-order valence-corrected chi connectivity index (χ2v) is 3.33. The number of rotatable bonds is 2. The molecule has 0 spiro atoms. The van der Waals surface area contributed by atoms with E-state index in [1.54, 1.807) is 12.1 Å². The topological polar surface area (TPSA) is 12.0 Å². The molecule has 0 aromatic heterocycles. The minimum absolute atomic E-state index is 0.275. The summed E-state index contributed by atoms with van der Waals surface area (Å²) in [6.07, 6.45) is 5.37. The first-order chi connectivity index (χ1) is 7.79. The number of hydrogen-bond acceptors (Lipinski definition) is 1. The molecule has 0 heterocycles. The molecule has 0 saturated heterocycles. The fraction of sp³-hybridized carbons (Fsp3) is 0. The Morgan fingerprint density at radius 2 is 1.88 bits per heavy atom. The van der Waals surface area contributed by atoms with Gasteiger partial charge in [-0.05, 0) is 30.3 Å². The van der Waals surface area contributed by atoms with E-state index in [0.29, 0.717) is 5.69 Å². The Balaban J connectivity index is 2.31. The quantitative estimate of drug-likeness (QED) is 0.749.